The number of rotatable bonds is 6. The summed E-state index contributed by atoms with van der Waals surface area (Å²) in [6.07, 6.45) is 1.52. The Kier molecular flexibility index (Phi) is 5.19. The molecule has 1 N–H and O–H groups in total. The molecule has 0 spiro atoms. The predicted molar refractivity (Wildman–Crippen MR) is 99.8 cm³/mol. The summed E-state index contributed by atoms with van der Waals surface area (Å²) in [6, 6.07) is 11.3. The molecule has 3 rings (SSSR count). The summed E-state index contributed by atoms with van der Waals surface area (Å²) in [6.45, 7) is 4.79. The van der Waals surface area contributed by atoms with Crippen molar-refractivity contribution < 1.29 is 9.32 Å². The van der Waals surface area contributed by atoms with E-state index in [1.807, 2.05) is 31.2 Å². The zero-order chi connectivity index (χ0) is 17.8. The molecule has 0 aliphatic carbocycles. The SMILES string of the molecule is Cc1ccsc1CNc1cccc(C(=O)N(C)[C@@H](C)c2ccon2)c1. The molecule has 0 fully saturated rings. The Morgan fingerprint density at radius 2 is 2.20 bits per heavy atom. The van der Waals surface area contributed by atoms with Crippen LogP contribution in [0.5, 0.6) is 0 Å². The van der Waals surface area contributed by atoms with Gasteiger partial charge in [-0.25, -0.2) is 0 Å². The van der Waals surface area contributed by atoms with Crippen LogP contribution in [0.25, 0.3) is 0 Å². The molecule has 0 radical (unpaired) electrons. The summed E-state index contributed by atoms with van der Waals surface area (Å²) in [4.78, 5) is 15.7. The molecule has 0 bridgehead atoms. The molecular weight excluding hydrogens is 334 g/mol. The number of carbonyl (C=O) groups excluding carboxylic acids is 1. The van der Waals surface area contributed by atoms with Crippen LogP contribution < -0.4 is 5.32 Å². The molecule has 1 aromatic carbocycles. The van der Waals surface area contributed by atoms with Gasteiger partial charge in [0.25, 0.3) is 5.91 Å². The molecule has 5 nitrogen and oxygen atoms in total. The van der Waals surface area contributed by atoms with Crippen LogP contribution in [0.4, 0.5) is 5.69 Å². The van der Waals surface area contributed by atoms with E-state index in [0.29, 0.717) is 5.56 Å². The minimum Gasteiger partial charge on any atom is -0.380 e. The van der Waals surface area contributed by atoms with Crippen molar-refractivity contribution in [1.82, 2.24) is 10.1 Å². The smallest absolute Gasteiger partial charge is 0.254 e. The fourth-order valence-corrected chi connectivity index (χ4v) is 3.39. The molecule has 0 aliphatic rings. The maximum absolute atomic E-state index is 12.8. The van der Waals surface area contributed by atoms with Crippen LogP contribution in [0.3, 0.4) is 0 Å². The van der Waals surface area contributed by atoms with Gasteiger partial charge in [-0.1, -0.05) is 11.2 Å². The third-order valence-electron chi connectivity index (χ3n) is 4.32. The standard InChI is InChI=1S/C19H21N3O2S/c1-13-8-10-25-18(13)12-20-16-6-4-5-15(11-16)19(23)22(3)14(2)17-7-9-24-21-17/h4-11,14,20H,12H2,1-3H3/t14-/m0/s1. The Balaban J connectivity index is 1.70. The number of aryl methyl sites for hydroxylation is 1. The first-order chi connectivity index (χ1) is 12.1. The van der Waals surface area contributed by atoms with Crippen LogP contribution in [0, 0.1) is 6.92 Å². The number of hydrogen-bond donors (Lipinski definition) is 1. The summed E-state index contributed by atoms with van der Waals surface area (Å²) in [5.74, 6) is -0.0496. The van der Waals surface area contributed by atoms with Gasteiger partial charge in [0.2, 0.25) is 0 Å². The van der Waals surface area contributed by atoms with Crippen molar-refractivity contribution in [3.05, 3.63) is 69.7 Å². The molecule has 1 amide bonds. The van der Waals surface area contributed by atoms with E-state index in [-0.39, 0.29) is 11.9 Å². The van der Waals surface area contributed by atoms with Crippen molar-refractivity contribution in [3.8, 4) is 0 Å². The second-order valence-electron chi connectivity index (χ2n) is 5.98. The van der Waals surface area contributed by atoms with Gasteiger partial charge in [0.15, 0.2) is 0 Å². The van der Waals surface area contributed by atoms with Crippen LogP contribution in [0.15, 0.2) is 52.6 Å². The molecule has 6 heteroatoms. The van der Waals surface area contributed by atoms with Crippen LogP contribution in [0.2, 0.25) is 0 Å². The number of nitrogens with zero attached hydrogens (tertiary/aromatic N) is 2. The molecule has 2 heterocycles. The van der Waals surface area contributed by atoms with E-state index in [0.717, 1.165) is 17.9 Å². The zero-order valence-electron chi connectivity index (χ0n) is 14.5. The molecule has 3 aromatic rings. The average molecular weight is 355 g/mol. The van der Waals surface area contributed by atoms with E-state index in [4.69, 9.17) is 4.52 Å². The number of amides is 1. The number of hydrogen-bond acceptors (Lipinski definition) is 5. The first kappa shape index (κ1) is 17.2. The van der Waals surface area contributed by atoms with E-state index in [2.05, 4.69) is 28.8 Å². The van der Waals surface area contributed by atoms with Crippen molar-refractivity contribution in [2.75, 3.05) is 12.4 Å². The highest BCUT2D eigenvalue weighted by atomic mass is 32.1. The van der Waals surface area contributed by atoms with Crippen LogP contribution in [-0.4, -0.2) is 23.0 Å². The fraction of sp³-hybridized carbons (Fsp3) is 0.263. The number of nitrogens with one attached hydrogen (secondary N) is 1. The molecule has 2 aromatic heterocycles. The van der Waals surface area contributed by atoms with Crippen LogP contribution in [0.1, 0.15) is 39.5 Å². The normalized spacial score (nSPS) is 12.0. The zero-order valence-corrected chi connectivity index (χ0v) is 15.3. The van der Waals surface area contributed by atoms with Crippen LogP contribution >= 0.6 is 11.3 Å². The lowest BCUT2D eigenvalue weighted by Gasteiger charge is -2.23. The molecule has 0 saturated heterocycles. The van der Waals surface area contributed by atoms with Crippen molar-refractivity contribution in [2.24, 2.45) is 0 Å². The summed E-state index contributed by atoms with van der Waals surface area (Å²) in [7, 11) is 1.77. The number of aromatic nitrogens is 1. The van der Waals surface area contributed by atoms with Crippen LogP contribution in [-0.2, 0) is 6.54 Å². The first-order valence-electron chi connectivity index (χ1n) is 8.10. The first-order valence-corrected chi connectivity index (χ1v) is 8.98. The minimum absolute atomic E-state index is 0.0496. The Hall–Kier alpha value is -2.60. The maximum Gasteiger partial charge on any atom is 0.254 e. The average Bonchev–Trinajstić information content (AvgIpc) is 3.30. The number of anilines is 1. The second-order valence-corrected chi connectivity index (χ2v) is 6.98. The minimum atomic E-state index is -0.156. The molecule has 0 aliphatic heterocycles. The van der Waals surface area contributed by atoms with Gasteiger partial charge in [0.1, 0.15) is 12.0 Å². The quantitative estimate of drug-likeness (QED) is 0.708. The lowest BCUT2D eigenvalue weighted by atomic mass is 10.1. The largest absolute Gasteiger partial charge is 0.380 e. The summed E-state index contributed by atoms with van der Waals surface area (Å²) in [5, 5.41) is 9.40. The van der Waals surface area contributed by atoms with Crippen molar-refractivity contribution >= 4 is 22.9 Å². The van der Waals surface area contributed by atoms with Gasteiger partial charge in [-0.05, 0) is 49.1 Å². The van der Waals surface area contributed by atoms with Gasteiger partial charge >= 0.3 is 0 Å². The Labute approximate surface area is 151 Å². The molecule has 130 valence electrons. The highest BCUT2D eigenvalue weighted by Crippen LogP contribution is 2.22. The highest BCUT2D eigenvalue weighted by molar-refractivity contribution is 7.10. The molecule has 0 unspecified atom stereocenters. The lowest BCUT2D eigenvalue weighted by Crippen LogP contribution is -2.29. The molecule has 1 atom stereocenters. The van der Waals surface area contributed by atoms with Crippen molar-refractivity contribution in [3.63, 3.8) is 0 Å². The third-order valence-corrected chi connectivity index (χ3v) is 5.34. The highest BCUT2D eigenvalue weighted by Gasteiger charge is 2.21. The summed E-state index contributed by atoms with van der Waals surface area (Å²) in [5.41, 5.74) is 3.59. The second kappa shape index (κ2) is 7.53. The number of thiophene rings is 1. The van der Waals surface area contributed by atoms with Gasteiger partial charge in [0.05, 0.1) is 6.04 Å². The topological polar surface area (TPSA) is 58.4 Å². The number of carbonyl (C=O) groups is 1. The van der Waals surface area contributed by atoms with Gasteiger partial charge < -0.3 is 14.7 Å². The van der Waals surface area contributed by atoms with Gasteiger partial charge in [-0.2, -0.15) is 0 Å². The molecular formula is C19H21N3O2S. The molecule has 25 heavy (non-hydrogen) atoms. The van der Waals surface area contributed by atoms with E-state index < -0.39 is 0 Å². The van der Waals surface area contributed by atoms with E-state index in [1.54, 1.807) is 29.4 Å². The maximum atomic E-state index is 12.8. The van der Waals surface area contributed by atoms with E-state index in [1.165, 1.54) is 16.7 Å². The van der Waals surface area contributed by atoms with Gasteiger partial charge in [-0.3, -0.25) is 4.79 Å². The fourth-order valence-electron chi connectivity index (χ4n) is 2.55. The predicted octanol–water partition coefficient (Wildman–Crippen LogP) is 4.49. The Bertz CT molecular complexity index is 842. The Morgan fingerprint density at radius 1 is 1.36 bits per heavy atom. The molecule has 0 saturated carbocycles. The van der Waals surface area contributed by atoms with Gasteiger partial charge in [-0.15, -0.1) is 11.3 Å². The van der Waals surface area contributed by atoms with Crippen molar-refractivity contribution in [1.29, 1.82) is 0 Å². The lowest BCUT2D eigenvalue weighted by molar-refractivity contribution is 0.0737. The van der Waals surface area contributed by atoms with E-state index in [9.17, 15) is 4.79 Å². The monoisotopic (exact) mass is 355 g/mol. The van der Waals surface area contributed by atoms with E-state index >= 15 is 0 Å². The van der Waals surface area contributed by atoms with Crippen molar-refractivity contribution in [2.45, 2.75) is 26.4 Å². The number of benzene rings is 1. The Morgan fingerprint density at radius 3 is 2.88 bits per heavy atom. The third kappa shape index (κ3) is 3.91. The summed E-state index contributed by atoms with van der Waals surface area (Å²) >= 11 is 1.73. The van der Waals surface area contributed by atoms with Gasteiger partial charge in [0, 0.05) is 35.8 Å². The summed E-state index contributed by atoms with van der Waals surface area (Å²) < 4.78 is 4.87.